The fraction of sp³-hybridized carbons (Fsp3) is 0.333. The molecule has 1 aliphatic rings. The van der Waals surface area contributed by atoms with Crippen molar-refractivity contribution in [3.63, 3.8) is 0 Å². The van der Waals surface area contributed by atoms with Crippen molar-refractivity contribution in [3.8, 4) is 5.69 Å². The Bertz CT molecular complexity index is 624. The molecule has 0 bridgehead atoms. The van der Waals surface area contributed by atoms with E-state index in [4.69, 9.17) is 28.6 Å². The maximum absolute atomic E-state index is 6.35. The Morgan fingerprint density at radius 3 is 2.81 bits per heavy atom. The highest BCUT2D eigenvalue weighted by Crippen LogP contribution is 2.22. The molecular formula is C15H16ClN3OS. The standard InChI is InChI=1S/C15H16ClN3OS/c16-13-10-12(2-3-14(13)19-5-1-4-17-19)11-15(21)18-6-8-20-9-7-18/h1-5,10H,6-9,11H2. The lowest BCUT2D eigenvalue weighted by Crippen LogP contribution is -2.40. The summed E-state index contributed by atoms with van der Waals surface area (Å²) in [6.07, 6.45) is 4.34. The molecular weight excluding hydrogens is 306 g/mol. The van der Waals surface area contributed by atoms with Gasteiger partial charge < -0.3 is 9.64 Å². The number of rotatable bonds is 3. The Hall–Kier alpha value is -1.43. The van der Waals surface area contributed by atoms with E-state index in [-0.39, 0.29) is 0 Å². The highest BCUT2D eigenvalue weighted by Gasteiger charge is 2.14. The molecule has 0 N–H and O–H groups in total. The van der Waals surface area contributed by atoms with E-state index in [1.165, 1.54) is 0 Å². The zero-order valence-electron chi connectivity index (χ0n) is 11.5. The van der Waals surface area contributed by atoms with Crippen LogP contribution in [0, 0.1) is 0 Å². The number of nitrogens with zero attached hydrogens (tertiary/aromatic N) is 3. The number of thiocarbonyl (C=S) groups is 1. The van der Waals surface area contributed by atoms with Gasteiger partial charge in [0.25, 0.3) is 0 Å². The molecule has 0 atom stereocenters. The molecule has 6 heteroatoms. The van der Waals surface area contributed by atoms with Crippen LogP contribution in [-0.2, 0) is 11.2 Å². The van der Waals surface area contributed by atoms with Gasteiger partial charge in [0, 0.05) is 31.9 Å². The van der Waals surface area contributed by atoms with Crippen LogP contribution < -0.4 is 0 Å². The van der Waals surface area contributed by atoms with Crippen molar-refractivity contribution < 1.29 is 4.74 Å². The number of morpholine rings is 1. The van der Waals surface area contributed by atoms with Crippen LogP contribution in [0.2, 0.25) is 5.02 Å². The zero-order chi connectivity index (χ0) is 14.7. The molecule has 1 aromatic heterocycles. The first kappa shape index (κ1) is 14.5. The van der Waals surface area contributed by atoms with Gasteiger partial charge in [0.15, 0.2) is 0 Å². The van der Waals surface area contributed by atoms with Crippen molar-refractivity contribution in [2.45, 2.75) is 6.42 Å². The number of halogens is 1. The van der Waals surface area contributed by atoms with Crippen molar-refractivity contribution in [1.82, 2.24) is 14.7 Å². The minimum Gasteiger partial charge on any atom is -0.378 e. The fourth-order valence-electron chi connectivity index (χ4n) is 2.36. The van der Waals surface area contributed by atoms with Gasteiger partial charge in [-0.2, -0.15) is 5.10 Å². The van der Waals surface area contributed by atoms with E-state index in [2.05, 4.69) is 16.1 Å². The van der Waals surface area contributed by atoms with Gasteiger partial charge in [-0.15, -0.1) is 0 Å². The second-order valence-corrected chi connectivity index (χ2v) is 5.78. The average Bonchev–Trinajstić information content (AvgIpc) is 3.02. The third-order valence-electron chi connectivity index (χ3n) is 3.48. The highest BCUT2D eigenvalue weighted by molar-refractivity contribution is 7.80. The summed E-state index contributed by atoms with van der Waals surface area (Å²) in [6, 6.07) is 7.87. The quantitative estimate of drug-likeness (QED) is 0.813. The first-order valence-electron chi connectivity index (χ1n) is 6.88. The molecule has 110 valence electrons. The molecule has 1 fully saturated rings. The van der Waals surface area contributed by atoms with E-state index in [9.17, 15) is 0 Å². The van der Waals surface area contributed by atoms with E-state index < -0.39 is 0 Å². The van der Waals surface area contributed by atoms with Crippen LogP contribution >= 0.6 is 23.8 Å². The van der Waals surface area contributed by atoms with E-state index in [1.54, 1.807) is 10.9 Å². The molecule has 3 rings (SSSR count). The number of hydrogen-bond donors (Lipinski definition) is 0. The Labute approximate surface area is 134 Å². The van der Waals surface area contributed by atoms with Crippen LogP contribution in [0.3, 0.4) is 0 Å². The number of aromatic nitrogens is 2. The molecule has 0 unspecified atom stereocenters. The van der Waals surface area contributed by atoms with Gasteiger partial charge in [-0.3, -0.25) is 0 Å². The van der Waals surface area contributed by atoms with Crippen molar-refractivity contribution in [1.29, 1.82) is 0 Å². The number of hydrogen-bond acceptors (Lipinski definition) is 3. The summed E-state index contributed by atoms with van der Waals surface area (Å²) in [5, 5.41) is 4.88. The molecule has 0 saturated carbocycles. The van der Waals surface area contributed by atoms with Crippen molar-refractivity contribution in [3.05, 3.63) is 47.2 Å². The summed E-state index contributed by atoms with van der Waals surface area (Å²) in [5.74, 6) is 0. The molecule has 1 saturated heterocycles. The summed E-state index contributed by atoms with van der Waals surface area (Å²) in [6.45, 7) is 3.24. The van der Waals surface area contributed by atoms with Crippen LogP contribution in [0.4, 0.5) is 0 Å². The maximum atomic E-state index is 6.35. The van der Waals surface area contributed by atoms with Crippen LogP contribution in [0.25, 0.3) is 5.69 Å². The van der Waals surface area contributed by atoms with Gasteiger partial charge >= 0.3 is 0 Å². The number of benzene rings is 1. The van der Waals surface area contributed by atoms with Crippen LogP contribution in [-0.4, -0.2) is 46.0 Å². The molecule has 4 nitrogen and oxygen atoms in total. The summed E-state index contributed by atoms with van der Waals surface area (Å²) < 4.78 is 7.10. The molecule has 0 spiro atoms. The maximum Gasteiger partial charge on any atom is 0.0831 e. The minimum absolute atomic E-state index is 0.681. The van der Waals surface area contributed by atoms with Gasteiger partial charge in [0.05, 0.1) is 28.9 Å². The lowest BCUT2D eigenvalue weighted by molar-refractivity contribution is 0.0685. The summed E-state index contributed by atoms with van der Waals surface area (Å²) in [5.41, 5.74) is 2.00. The SMILES string of the molecule is S=C(Cc1ccc(-n2cccn2)c(Cl)c1)N1CCOCC1. The van der Waals surface area contributed by atoms with Crippen LogP contribution in [0.15, 0.2) is 36.7 Å². The first-order chi connectivity index (χ1) is 10.2. The van der Waals surface area contributed by atoms with E-state index in [0.29, 0.717) is 5.02 Å². The Morgan fingerprint density at radius 1 is 1.33 bits per heavy atom. The second kappa shape index (κ2) is 6.56. The van der Waals surface area contributed by atoms with E-state index in [1.807, 2.05) is 24.4 Å². The molecule has 1 aromatic carbocycles. The molecule has 0 amide bonds. The lowest BCUT2D eigenvalue weighted by Gasteiger charge is -2.29. The third kappa shape index (κ3) is 3.43. The second-order valence-electron chi connectivity index (χ2n) is 4.91. The summed E-state index contributed by atoms with van der Waals surface area (Å²) in [7, 11) is 0. The monoisotopic (exact) mass is 321 g/mol. The normalized spacial score (nSPS) is 15.2. The van der Waals surface area contributed by atoms with Gasteiger partial charge in [-0.05, 0) is 23.8 Å². The van der Waals surface area contributed by atoms with E-state index >= 15 is 0 Å². The van der Waals surface area contributed by atoms with Crippen LogP contribution in [0.5, 0.6) is 0 Å². The topological polar surface area (TPSA) is 30.3 Å². The largest absolute Gasteiger partial charge is 0.378 e. The zero-order valence-corrected chi connectivity index (χ0v) is 13.1. The molecule has 1 aliphatic heterocycles. The van der Waals surface area contributed by atoms with Crippen molar-refractivity contribution in [2.75, 3.05) is 26.3 Å². The van der Waals surface area contributed by atoms with Gasteiger partial charge in [0.1, 0.15) is 0 Å². The Morgan fingerprint density at radius 2 is 2.14 bits per heavy atom. The predicted octanol–water partition coefficient (Wildman–Crippen LogP) is 2.73. The Balaban J connectivity index is 1.72. The van der Waals surface area contributed by atoms with Crippen molar-refractivity contribution >= 4 is 28.8 Å². The smallest absolute Gasteiger partial charge is 0.0831 e. The molecule has 21 heavy (non-hydrogen) atoms. The molecule has 2 heterocycles. The molecule has 2 aromatic rings. The van der Waals surface area contributed by atoms with Gasteiger partial charge in [0.2, 0.25) is 0 Å². The van der Waals surface area contributed by atoms with Gasteiger partial charge in [-0.25, -0.2) is 4.68 Å². The van der Waals surface area contributed by atoms with Crippen LogP contribution in [0.1, 0.15) is 5.56 Å². The predicted molar refractivity (Wildman–Crippen MR) is 87.3 cm³/mol. The van der Waals surface area contributed by atoms with Crippen molar-refractivity contribution in [2.24, 2.45) is 0 Å². The summed E-state index contributed by atoms with van der Waals surface area (Å²) >= 11 is 11.9. The first-order valence-corrected chi connectivity index (χ1v) is 7.66. The number of ether oxygens (including phenoxy) is 1. The Kier molecular flexibility index (Phi) is 4.53. The molecule has 0 radical (unpaired) electrons. The van der Waals surface area contributed by atoms with Gasteiger partial charge in [-0.1, -0.05) is 29.9 Å². The molecule has 0 aliphatic carbocycles. The minimum atomic E-state index is 0.681. The summed E-state index contributed by atoms with van der Waals surface area (Å²) in [4.78, 5) is 3.15. The fourth-order valence-corrected chi connectivity index (χ4v) is 3.00. The third-order valence-corrected chi connectivity index (χ3v) is 4.19. The average molecular weight is 322 g/mol. The lowest BCUT2D eigenvalue weighted by atomic mass is 10.1. The van der Waals surface area contributed by atoms with E-state index in [0.717, 1.165) is 49.0 Å². The highest BCUT2D eigenvalue weighted by atomic mass is 35.5.